The SMILES string of the molecule is COc1ccc2c(c1OC)C(=O)N1C2SC(C)(C)C1C(=O)Nc1ccc2[nH]ccc2c1. The number of rotatable bonds is 4. The molecule has 2 aliphatic rings. The maximum Gasteiger partial charge on any atom is 0.260 e. The van der Waals surface area contributed by atoms with Crippen LogP contribution in [0.15, 0.2) is 42.6 Å². The summed E-state index contributed by atoms with van der Waals surface area (Å²) in [6.45, 7) is 4.01. The van der Waals surface area contributed by atoms with Gasteiger partial charge in [-0.2, -0.15) is 0 Å². The van der Waals surface area contributed by atoms with Crippen LogP contribution in [0.3, 0.4) is 0 Å². The van der Waals surface area contributed by atoms with E-state index < -0.39 is 10.8 Å². The van der Waals surface area contributed by atoms with Crippen LogP contribution >= 0.6 is 11.8 Å². The summed E-state index contributed by atoms with van der Waals surface area (Å²) >= 11 is 1.61. The lowest BCUT2D eigenvalue weighted by Gasteiger charge is -2.29. The van der Waals surface area contributed by atoms with Gasteiger partial charge >= 0.3 is 0 Å². The molecule has 2 amide bonds. The number of carbonyl (C=O) groups is 2. The van der Waals surface area contributed by atoms with Gasteiger partial charge in [-0.05, 0) is 44.2 Å². The Labute approximate surface area is 184 Å². The smallest absolute Gasteiger partial charge is 0.260 e. The highest BCUT2D eigenvalue weighted by Crippen LogP contribution is 2.58. The highest BCUT2D eigenvalue weighted by atomic mass is 32.2. The largest absolute Gasteiger partial charge is 0.493 e. The number of benzene rings is 2. The van der Waals surface area contributed by atoms with Crippen molar-refractivity contribution in [2.45, 2.75) is 30.0 Å². The number of H-pyrrole nitrogens is 1. The molecule has 2 aliphatic heterocycles. The molecule has 0 radical (unpaired) electrons. The normalized spacial score (nSPS) is 21.2. The highest BCUT2D eigenvalue weighted by Gasteiger charge is 2.58. The summed E-state index contributed by atoms with van der Waals surface area (Å²) in [6, 6.07) is 10.7. The average molecular weight is 438 g/mol. The first-order valence-corrected chi connectivity index (χ1v) is 10.9. The first kappa shape index (κ1) is 19.8. The number of nitrogens with one attached hydrogen (secondary N) is 2. The number of hydrogen-bond acceptors (Lipinski definition) is 5. The molecule has 7 nitrogen and oxygen atoms in total. The van der Waals surface area contributed by atoms with Gasteiger partial charge in [-0.25, -0.2) is 0 Å². The van der Waals surface area contributed by atoms with E-state index in [1.165, 1.54) is 7.11 Å². The molecule has 2 N–H and O–H groups in total. The van der Waals surface area contributed by atoms with E-state index in [0.29, 0.717) is 22.7 Å². The van der Waals surface area contributed by atoms with Crippen LogP contribution in [0.1, 0.15) is 35.1 Å². The van der Waals surface area contributed by atoms with Gasteiger partial charge in [0.25, 0.3) is 5.91 Å². The minimum absolute atomic E-state index is 0.207. The van der Waals surface area contributed by atoms with Crippen molar-refractivity contribution in [2.24, 2.45) is 0 Å². The van der Waals surface area contributed by atoms with Crippen molar-refractivity contribution in [1.82, 2.24) is 9.88 Å². The van der Waals surface area contributed by atoms with Crippen molar-refractivity contribution in [2.75, 3.05) is 19.5 Å². The Kier molecular flexibility index (Phi) is 4.44. The molecule has 160 valence electrons. The number of fused-ring (bicyclic) bond motifs is 4. The molecule has 0 spiro atoms. The van der Waals surface area contributed by atoms with Crippen molar-refractivity contribution in [1.29, 1.82) is 0 Å². The average Bonchev–Trinajstić information content (AvgIpc) is 3.39. The van der Waals surface area contributed by atoms with E-state index >= 15 is 0 Å². The number of anilines is 1. The molecule has 2 atom stereocenters. The van der Waals surface area contributed by atoms with Crippen LogP contribution in [-0.4, -0.2) is 46.7 Å². The van der Waals surface area contributed by atoms with Gasteiger partial charge in [-0.15, -0.1) is 11.8 Å². The number of carbonyl (C=O) groups excluding carboxylic acids is 2. The maximum atomic E-state index is 13.5. The summed E-state index contributed by atoms with van der Waals surface area (Å²) in [5.74, 6) is 0.493. The third-order valence-electron chi connectivity index (χ3n) is 5.97. The van der Waals surface area contributed by atoms with Gasteiger partial charge in [0.2, 0.25) is 5.91 Å². The number of methoxy groups -OCH3 is 2. The van der Waals surface area contributed by atoms with Crippen LogP contribution in [0, 0.1) is 0 Å². The molecule has 3 heterocycles. The summed E-state index contributed by atoms with van der Waals surface area (Å²) in [7, 11) is 3.06. The zero-order chi connectivity index (χ0) is 21.9. The molecule has 5 rings (SSSR count). The lowest BCUT2D eigenvalue weighted by Crippen LogP contribution is -2.50. The Morgan fingerprint density at radius 1 is 1.16 bits per heavy atom. The zero-order valence-corrected chi connectivity index (χ0v) is 18.5. The second-order valence-corrected chi connectivity index (χ2v) is 9.96. The van der Waals surface area contributed by atoms with Crippen molar-refractivity contribution in [3.63, 3.8) is 0 Å². The minimum Gasteiger partial charge on any atom is -0.493 e. The molecule has 2 aromatic carbocycles. The van der Waals surface area contributed by atoms with Crippen molar-refractivity contribution < 1.29 is 19.1 Å². The molecule has 1 aromatic heterocycles. The quantitative estimate of drug-likeness (QED) is 0.640. The molecule has 8 heteroatoms. The summed E-state index contributed by atoms with van der Waals surface area (Å²) in [6.07, 6.45) is 1.86. The first-order chi connectivity index (χ1) is 14.9. The van der Waals surface area contributed by atoms with Crippen LogP contribution in [0.4, 0.5) is 5.69 Å². The van der Waals surface area contributed by atoms with Crippen LogP contribution in [0.5, 0.6) is 11.5 Å². The lowest BCUT2D eigenvalue weighted by molar-refractivity contribution is -0.121. The van der Waals surface area contributed by atoms with E-state index in [1.807, 2.05) is 56.4 Å². The molecular weight excluding hydrogens is 414 g/mol. The van der Waals surface area contributed by atoms with Gasteiger partial charge < -0.3 is 24.7 Å². The van der Waals surface area contributed by atoms with Crippen LogP contribution in [0.25, 0.3) is 10.9 Å². The predicted octanol–water partition coefficient (Wildman–Crippen LogP) is 4.17. The van der Waals surface area contributed by atoms with Gasteiger partial charge in [0.05, 0.1) is 19.8 Å². The lowest BCUT2D eigenvalue weighted by atomic mass is 10.0. The summed E-state index contributed by atoms with van der Waals surface area (Å²) in [5.41, 5.74) is 3.02. The van der Waals surface area contributed by atoms with E-state index in [-0.39, 0.29) is 17.2 Å². The molecule has 0 saturated carbocycles. The topological polar surface area (TPSA) is 83.7 Å². The van der Waals surface area contributed by atoms with Crippen molar-refractivity contribution in [3.8, 4) is 11.5 Å². The molecule has 3 aromatic rings. The third-order valence-corrected chi connectivity index (χ3v) is 7.50. The Morgan fingerprint density at radius 2 is 1.97 bits per heavy atom. The Balaban J connectivity index is 1.51. The van der Waals surface area contributed by atoms with Gasteiger partial charge in [0.1, 0.15) is 11.4 Å². The number of amides is 2. The van der Waals surface area contributed by atoms with E-state index in [0.717, 1.165) is 16.5 Å². The number of ether oxygens (including phenoxy) is 2. The molecule has 31 heavy (non-hydrogen) atoms. The Morgan fingerprint density at radius 3 is 2.71 bits per heavy atom. The molecule has 0 bridgehead atoms. The second-order valence-electron chi connectivity index (χ2n) is 8.22. The van der Waals surface area contributed by atoms with E-state index in [4.69, 9.17) is 9.47 Å². The summed E-state index contributed by atoms with van der Waals surface area (Å²) < 4.78 is 10.4. The standard InChI is InChI=1S/C23H23N3O4S/c1-23(2)19(20(27)25-13-5-7-15-12(11-13)9-10-24-15)26-21(28)17-14(22(26)31-23)6-8-16(29-3)18(17)30-4/h5-11,19,22,24H,1-4H3,(H,25,27). The number of hydrogen-bond donors (Lipinski definition) is 2. The first-order valence-electron chi connectivity index (χ1n) is 9.99. The number of thioether (sulfide) groups is 1. The van der Waals surface area contributed by atoms with Gasteiger partial charge in [0, 0.05) is 33.1 Å². The minimum atomic E-state index is -0.639. The fourth-order valence-corrected chi connectivity index (χ4v) is 6.18. The van der Waals surface area contributed by atoms with Crippen molar-refractivity contribution >= 4 is 40.2 Å². The Bertz CT molecular complexity index is 1220. The van der Waals surface area contributed by atoms with Crippen LogP contribution < -0.4 is 14.8 Å². The van der Waals surface area contributed by atoms with Gasteiger partial charge in [-0.3, -0.25) is 9.59 Å². The highest BCUT2D eigenvalue weighted by molar-refractivity contribution is 8.01. The molecule has 0 aliphatic carbocycles. The van der Waals surface area contributed by atoms with E-state index in [9.17, 15) is 9.59 Å². The maximum absolute atomic E-state index is 13.5. The monoisotopic (exact) mass is 437 g/mol. The van der Waals surface area contributed by atoms with Gasteiger partial charge in [-0.1, -0.05) is 6.07 Å². The summed E-state index contributed by atoms with van der Waals surface area (Å²) in [5, 5.41) is 3.78. The number of aromatic nitrogens is 1. The predicted molar refractivity (Wildman–Crippen MR) is 121 cm³/mol. The molecule has 1 saturated heterocycles. The third kappa shape index (κ3) is 2.89. The van der Waals surface area contributed by atoms with Crippen LogP contribution in [0.2, 0.25) is 0 Å². The number of nitrogens with zero attached hydrogens (tertiary/aromatic N) is 1. The second kappa shape index (κ2) is 6.95. The molecule has 1 fully saturated rings. The molecular formula is C23H23N3O4S. The fourth-order valence-electron chi connectivity index (χ4n) is 4.60. The Hall–Kier alpha value is -3.13. The fraction of sp³-hybridized carbons (Fsp3) is 0.304. The van der Waals surface area contributed by atoms with E-state index in [2.05, 4.69) is 10.3 Å². The van der Waals surface area contributed by atoms with Crippen molar-refractivity contribution in [3.05, 3.63) is 53.7 Å². The molecule has 2 unspecified atom stereocenters. The van der Waals surface area contributed by atoms with Gasteiger partial charge in [0.15, 0.2) is 11.5 Å². The van der Waals surface area contributed by atoms with E-state index in [1.54, 1.807) is 23.8 Å². The van der Waals surface area contributed by atoms with Crippen LogP contribution in [-0.2, 0) is 4.79 Å². The summed E-state index contributed by atoms with van der Waals surface area (Å²) in [4.78, 5) is 31.8. The zero-order valence-electron chi connectivity index (χ0n) is 17.7. The number of aromatic amines is 1.